The van der Waals surface area contributed by atoms with Crippen LogP contribution >= 0.6 is 0 Å². The minimum Gasteiger partial charge on any atom is -0.481 e. The first-order valence-electron chi connectivity index (χ1n) is 8.69. The zero-order valence-electron chi connectivity index (χ0n) is 15.6. The van der Waals surface area contributed by atoms with Crippen LogP contribution in [0.1, 0.15) is 31.7 Å². The molecular weight excluding hydrogens is 382 g/mol. The molecule has 9 heteroatoms. The van der Waals surface area contributed by atoms with Crippen LogP contribution in [0.15, 0.2) is 52.3 Å². The lowest BCUT2D eigenvalue weighted by atomic mass is 10.00. The standard InChI is InChI=1S/C19H23N3O5S/c1-3-10-21-19(25)22-13-6-4-7-14(11-13)28(26,27)16-9-5-8-15(17(16)20)12(2)18(23)24/h4-9,11-12H,3,10,20H2,1-2H3,(H,23,24)(H2,21,22,25). The second-order valence-electron chi connectivity index (χ2n) is 6.23. The van der Waals surface area contributed by atoms with E-state index in [2.05, 4.69) is 10.6 Å². The van der Waals surface area contributed by atoms with Crippen LogP contribution in [0.4, 0.5) is 16.2 Å². The highest BCUT2D eigenvalue weighted by Gasteiger charge is 2.25. The normalized spacial score (nSPS) is 12.2. The predicted octanol–water partition coefficient (Wildman–Crippen LogP) is 2.82. The predicted molar refractivity (Wildman–Crippen MR) is 106 cm³/mol. The first kappa shape index (κ1) is 21.2. The maximum absolute atomic E-state index is 13.1. The summed E-state index contributed by atoms with van der Waals surface area (Å²) in [6.07, 6.45) is 0.770. The van der Waals surface area contributed by atoms with Gasteiger partial charge >= 0.3 is 12.0 Å². The average Bonchev–Trinajstić information content (AvgIpc) is 2.66. The summed E-state index contributed by atoms with van der Waals surface area (Å²) >= 11 is 0. The first-order valence-corrected chi connectivity index (χ1v) is 10.2. The number of amides is 2. The van der Waals surface area contributed by atoms with Crippen molar-refractivity contribution in [1.29, 1.82) is 0 Å². The molecule has 0 saturated carbocycles. The van der Waals surface area contributed by atoms with Gasteiger partial charge in [0.1, 0.15) is 0 Å². The number of carbonyl (C=O) groups excluding carboxylic acids is 1. The Morgan fingerprint density at radius 2 is 1.86 bits per heavy atom. The van der Waals surface area contributed by atoms with Crippen LogP contribution in [0.2, 0.25) is 0 Å². The number of nitrogens with one attached hydrogen (secondary N) is 2. The highest BCUT2D eigenvalue weighted by atomic mass is 32.2. The number of carboxylic acid groups (broad SMARTS) is 1. The molecular formula is C19H23N3O5S. The lowest BCUT2D eigenvalue weighted by molar-refractivity contribution is -0.138. The summed E-state index contributed by atoms with van der Waals surface area (Å²) in [7, 11) is -4.02. The van der Waals surface area contributed by atoms with Crippen LogP contribution in [-0.4, -0.2) is 32.1 Å². The minimum atomic E-state index is -4.02. The van der Waals surface area contributed by atoms with Gasteiger partial charge in [-0.25, -0.2) is 13.2 Å². The molecule has 0 saturated heterocycles. The molecule has 0 spiro atoms. The molecule has 5 N–H and O–H groups in total. The van der Waals surface area contributed by atoms with E-state index in [0.29, 0.717) is 12.2 Å². The summed E-state index contributed by atoms with van der Waals surface area (Å²) in [5, 5.41) is 14.4. The van der Waals surface area contributed by atoms with Gasteiger partial charge < -0.3 is 21.5 Å². The Morgan fingerprint density at radius 1 is 1.18 bits per heavy atom. The second-order valence-corrected chi connectivity index (χ2v) is 8.15. The fourth-order valence-electron chi connectivity index (χ4n) is 2.59. The molecule has 1 unspecified atom stereocenters. The number of rotatable bonds is 7. The quantitative estimate of drug-likeness (QED) is 0.523. The highest BCUT2D eigenvalue weighted by molar-refractivity contribution is 7.91. The number of para-hydroxylation sites is 1. The van der Waals surface area contributed by atoms with E-state index in [9.17, 15) is 23.1 Å². The molecule has 2 aromatic carbocycles. The van der Waals surface area contributed by atoms with Gasteiger partial charge in [-0.3, -0.25) is 4.79 Å². The Bertz CT molecular complexity index is 989. The number of carboxylic acids is 1. The van der Waals surface area contributed by atoms with E-state index in [1.54, 1.807) is 6.07 Å². The minimum absolute atomic E-state index is 0.0624. The lowest BCUT2D eigenvalue weighted by Gasteiger charge is -2.15. The molecule has 28 heavy (non-hydrogen) atoms. The summed E-state index contributed by atoms with van der Waals surface area (Å²) in [5.41, 5.74) is 6.43. The van der Waals surface area contributed by atoms with Crippen LogP contribution in [0.25, 0.3) is 0 Å². The number of benzene rings is 2. The van der Waals surface area contributed by atoms with Gasteiger partial charge in [-0.2, -0.15) is 0 Å². The number of hydrogen-bond donors (Lipinski definition) is 4. The Kier molecular flexibility index (Phi) is 6.63. The number of sulfone groups is 1. The molecule has 2 amide bonds. The van der Waals surface area contributed by atoms with E-state index in [0.717, 1.165) is 6.42 Å². The number of nitrogen functional groups attached to an aromatic ring is 1. The summed E-state index contributed by atoms with van der Waals surface area (Å²) in [6, 6.07) is 9.62. The number of nitrogens with two attached hydrogens (primary N) is 1. The number of hydrogen-bond acceptors (Lipinski definition) is 5. The molecule has 0 aliphatic carbocycles. The molecule has 2 rings (SSSR count). The number of aliphatic carboxylic acids is 1. The van der Waals surface area contributed by atoms with Crippen molar-refractivity contribution in [3.63, 3.8) is 0 Å². The van der Waals surface area contributed by atoms with Crippen molar-refractivity contribution >= 4 is 33.2 Å². The van der Waals surface area contributed by atoms with E-state index in [4.69, 9.17) is 5.73 Å². The summed E-state index contributed by atoms with van der Waals surface area (Å²) in [4.78, 5) is 22.8. The van der Waals surface area contributed by atoms with Gasteiger partial charge in [0.25, 0.3) is 0 Å². The third-order valence-corrected chi connectivity index (χ3v) is 5.97. The van der Waals surface area contributed by atoms with Gasteiger partial charge in [0.05, 0.1) is 21.4 Å². The smallest absolute Gasteiger partial charge is 0.319 e. The topological polar surface area (TPSA) is 139 Å². The second kappa shape index (κ2) is 8.75. The molecule has 150 valence electrons. The van der Waals surface area contributed by atoms with E-state index >= 15 is 0 Å². The SMILES string of the molecule is CCCNC(=O)Nc1cccc(S(=O)(=O)c2cccc(C(C)C(=O)O)c2N)c1. The highest BCUT2D eigenvalue weighted by Crippen LogP contribution is 2.32. The molecule has 1 atom stereocenters. The van der Waals surface area contributed by atoms with Gasteiger partial charge in [0.2, 0.25) is 9.84 Å². The van der Waals surface area contributed by atoms with E-state index in [1.807, 2.05) is 6.92 Å². The lowest BCUT2D eigenvalue weighted by Crippen LogP contribution is -2.29. The van der Waals surface area contributed by atoms with Gasteiger partial charge in [-0.1, -0.05) is 25.1 Å². The molecule has 2 aromatic rings. The fourth-order valence-corrected chi connectivity index (χ4v) is 4.05. The average molecular weight is 405 g/mol. The van der Waals surface area contributed by atoms with E-state index in [1.165, 1.54) is 43.3 Å². The molecule has 0 aromatic heterocycles. The number of urea groups is 1. The van der Waals surface area contributed by atoms with Crippen molar-refractivity contribution in [2.45, 2.75) is 36.0 Å². The zero-order chi connectivity index (χ0) is 20.9. The molecule has 0 radical (unpaired) electrons. The van der Waals surface area contributed by atoms with Crippen LogP contribution in [0, 0.1) is 0 Å². The van der Waals surface area contributed by atoms with Crippen molar-refractivity contribution in [2.75, 3.05) is 17.6 Å². The van der Waals surface area contributed by atoms with Gasteiger partial charge in [0.15, 0.2) is 0 Å². The van der Waals surface area contributed by atoms with Crippen LogP contribution in [0.5, 0.6) is 0 Å². The molecule has 0 fully saturated rings. The summed E-state index contributed by atoms with van der Waals surface area (Å²) < 4.78 is 26.1. The molecule has 0 heterocycles. The third kappa shape index (κ3) is 4.61. The van der Waals surface area contributed by atoms with Gasteiger partial charge in [-0.05, 0) is 43.2 Å². The van der Waals surface area contributed by atoms with Crippen LogP contribution in [0.3, 0.4) is 0 Å². The largest absolute Gasteiger partial charge is 0.481 e. The number of anilines is 2. The van der Waals surface area contributed by atoms with Crippen LogP contribution < -0.4 is 16.4 Å². The maximum atomic E-state index is 13.1. The summed E-state index contributed by atoms with van der Waals surface area (Å²) in [6.45, 7) is 3.84. The Morgan fingerprint density at radius 3 is 2.50 bits per heavy atom. The monoisotopic (exact) mass is 405 g/mol. The Balaban J connectivity index is 2.40. The van der Waals surface area contributed by atoms with Crippen molar-refractivity contribution in [3.05, 3.63) is 48.0 Å². The molecule has 0 aliphatic rings. The van der Waals surface area contributed by atoms with Gasteiger partial charge in [0, 0.05) is 12.2 Å². The molecule has 0 bridgehead atoms. The molecule has 0 aliphatic heterocycles. The Hall–Kier alpha value is -3.07. The summed E-state index contributed by atoms with van der Waals surface area (Å²) in [5.74, 6) is -2.06. The number of carbonyl (C=O) groups is 2. The van der Waals surface area contributed by atoms with Crippen molar-refractivity contribution in [1.82, 2.24) is 5.32 Å². The van der Waals surface area contributed by atoms with E-state index < -0.39 is 27.8 Å². The van der Waals surface area contributed by atoms with Gasteiger partial charge in [-0.15, -0.1) is 0 Å². The Labute approximate surface area is 163 Å². The third-order valence-electron chi connectivity index (χ3n) is 4.16. The van der Waals surface area contributed by atoms with Crippen molar-refractivity contribution in [3.8, 4) is 0 Å². The van der Waals surface area contributed by atoms with Crippen LogP contribution in [-0.2, 0) is 14.6 Å². The van der Waals surface area contributed by atoms with E-state index in [-0.39, 0.29) is 21.0 Å². The van der Waals surface area contributed by atoms with Crippen molar-refractivity contribution in [2.24, 2.45) is 0 Å². The maximum Gasteiger partial charge on any atom is 0.319 e. The molecule has 8 nitrogen and oxygen atoms in total. The van der Waals surface area contributed by atoms with Crippen molar-refractivity contribution < 1.29 is 23.1 Å². The zero-order valence-corrected chi connectivity index (χ0v) is 16.4. The first-order chi connectivity index (χ1) is 13.2. The fraction of sp³-hybridized carbons (Fsp3) is 0.263.